The predicted octanol–water partition coefficient (Wildman–Crippen LogP) is 1.86. The molecule has 142 valence electrons. The van der Waals surface area contributed by atoms with Crippen molar-refractivity contribution in [3.63, 3.8) is 0 Å². The Labute approximate surface area is 148 Å². The molecule has 0 unspecified atom stereocenters. The van der Waals surface area contributed by atoms with Crippen LogP contribution in [0.25, 0.3) is 0 Å². The van der Waals surface area contributed by atoms with E-state index in [-0.39, 0.29) is 42.7 Å². The lowest BCUT2D eigenvalue weighted by atomic mass is 9.74. The number of rotatable bonds is 5. The smallest absolute Gasteiger partial charge is 0.387 e. The fraction of sp³-hybridized carbons (Fsp3) is 0.529. The van der Waals surface area contributed by atoms with E-state index in [1.165, 1.54) is 30.2 Å². The number of amides is 1. The highest BCUT2D eigenvalue weighted by molar-refractivity contribution is 5.98. The van der Waals surface area contributed by atoms with Crippen LogP contribution in [-0.2, 0) is 9.53 Å². The van der Waals surface area contributed by atoms with Crippen LogP contribution in [0, 0.1) is 11.3 Å². The summed E-state index contributed by atoms with van der Waals surface area (Å²) in [5.41, 5.74) is -1.17. The summed E-state index contributed by atoms with van der Waals surface area (Å²) in [5, 5.41) is 9.69. The number of likely N-dealkylation sites (tertiary alicyclic amines) is 1. The number of carboxylic acids is 1. The lowest BCUT2D eigenvalue weighted by Crippen LogP contribution is -2.45. The van der Waals surface area contributed by atoms with Crippen LogP contribution in [0.15, 0.2) is 18.2 Å². The second-order valence-electron chi connectivity index (χ2n) is 6.38. The second kappa shape index (κ2) is 7.06. The minimum absolute atomic E-state index is 0.000518. The zero-order valence-electron chi connectivity index (χ0n) is 14.1. The number of carboxylic acid groups (broad SMARTS) is 1. The minimum atomic E-state index is -3.13. The standard InChI is InChI=1S/C17H19F2NO6/c1-24-12-4-2-3-11(13(12)26-16(18)19)14(21)20-7-10-8-25-6-5-17(10,9-20)15(22)23/h2-4,10,16H,5-9H2,1H3,(H,22,23)/t10-,17+/m0/s1. The number of ether oxygens (including phenoxy) is 3. The molecule has 1 amide bonds. The second-order valence-corrected chi connectivity index (χ2v) is 6.38. The van der Waals surface area contributed by atoms with Crippen molar-refractivity contribution in [2.75, 3.05) is 33.4 Å². The Morgan fingerprint density at radius 1 is 1.42 bits per heavy atom. The third-order valence-corrected chi connectivity index (χ3v) is 5.06. The van der Waals surface area contributed by atoms with E-state index in [2.05, 4.69) is 4.74 Å². The van der Waals surface area contributed by atoms with Gasteiger partial charge in [0, 0.05) is 25.6 Å². The van der Waals surface area contributed by atoms with Gasteiger partial charge in [0.25, 0.3) is 5.91 Å². The van der Waals surface area contributed by atoms with Gasteiger partial charge in [-0.25, -0.2) is 0 Å². The van der Waals surface area contributed by atoms with Crippen molar-refractivity contribution in [2.24, 2.45) is 11.3 Å². The fourth-order valence-electron chi connectivity index (χ4n) is 3.68. The molecule has 0 aromatic heterocycles. The number of methoxy groups -OCH3 is 1. The van der Waals surface area contributed by atoms with Crippen LogP contribution >= 0.6 is 0 Å². The van der Waals surface area contributed by atoms with Gasteiger partial charge in [-0.05, 0) is 18.6 Å². The van der Waals surface area contributed by atoms with Gasteiger partial charge in [0.2, 0.25) is 0 Å². The van der Waals surface area contributed by atoms with E-state index in [4.69, 9.17) is 9.47 Å². The lowest BCUT2D eigenvalue weighted by molar-refractivity contribution is -0.157. The van der Waals surface area contributed by atoms with E-state index in [1.807, 2.05) is 0 Å². The Bertz CT molecular complexity index is 712. The summed E-state index contributed by atoms with van der Waals surface area (Å²) in [6.45, 7) is -2.40. The number of carbonyl (C=O) groups is 2. The van der Waals surface area contributed by atoms with Crippen molar-refractivity contribution < 1.29 is 37.7 Å². The Balaban J connectivity index is 1.92. The largest absolute Gasteiger partial charge is 0.493 e. The maximum Gasteiger partial charge on any atom is 0.387 e. The monoisotopic (exact) mass is 371 g/mol. The molecule has 2 heterocycles. The molecule has 2 aliphatic rings. The molecule has 2 atom stereocenters. The lowest BCUT2D eigenvalue weighted by Gasteiger charge is -2.33. The van der Waals surface area contributed by atoms with E-state index in [0.29, 0.717) is 13.0 Å². The van der Waals surface area contributed by atoms with Crippen molar-refractivity contribution in [3.05, 3.63) is 23.8 Å². The summed E-state index contributed by atoms with van der Waals surface area (Å²) in [5.74, 6) is -2.25. The Kier molecular flexibility index (Phi) is 4.99. The molecule has 3 rings (SSSR count). The van der Waals surface area contributed by atoms with Crippen LogP contribution in [0.3, 0.4) is 0 Å². The predicted molar refractivity (Wildman–Crippen MR) is 84.5 cm³/mol. The van der Waals surface area contributed by atoms with Gasteiger partial charge in [-0.15, -0.1) is 0 Å². The molecular weight excluding hydrogens is 352 g/mol. The van der Waals surface area contributed by atoms with Crippen molar-refractivity contribution in [1.29, 1.82) is 0 Å². The third-order valence-electron chi connectivity index (χ3n) is 5.06. The third kappa shape index (κ3) is 3.07. The van der Waals surface area contributed by atoms with Crippen LogP contribution in [0.2, 0.25) is 0 Å². The van der Waals surface area contributed by atoms with Gasteiger partial charge in [0.1, 0.15) is 0 Å². The average Bonchev–Trinajstić information content (AvgIpc) is 3.02. The molecule has 0 spiro atoms. The van der Waals surface area contributed by atoms with Crippen LogP contribution in [-0.4, -0.2) is 61.9 Å². The summed E-state index contributed by atoms with van der Waals surface area (Å²) in [4.78, 5) is 26.1. The summed E-state index contributed by atoms with van der Waals surface area (Å²) in [6.07, 6.45) is 0.301. The number of para-hydroxylation sites is 1. The maximum absolute atomic E-state index is 12.9. The highest BCUT2D eigenvalue weighted by Gasteiger charge is 2.55. The van der Waals surface area contributed by atoms with Gasteiger partial charge in [-0.2, -0.15) is 8.78 Å². The minimum Gasteiger partial charge on any atom is -0.493 e. The van der Waals surface area contributed by atoms with Crippen molar-refractivity contribution in [1.82, 2.24) is 4.90 Å². The van der Waals surface area contributed by atoms with Crippen LogP contribution in [0.4, 0.5) is 8.78 Å². The number of aliphatic carboxylic acids is 1. The summed E-state index contributed by atoms with van der Waals surface area (Å²) >= 11 is 0. The van der Waals surface area contributed by atoms with Gasteiger partial charge in [0.15, 0.2) is 11.5 Å². The molecule has 0 aliphatic carbocycles. The van der Waals surface area contributed by atoms with Gasteiger partial charge < -0.3 is 24.2 Å². The Morgan fingerprint density at radius 2 is 2.19 bits per heavy atom. The van der Waals surface area contributed by atoms with Crippen molar-refractivity contribution in [3.8, 4) is 11.5 Å². The molecule has 1 aromatic rings. The fourth-order valence-corrected chi connectivity index (χ4v) is 3.68. The highest BCUT2D eigenvalue weighted by Crippen LogP contribution is 2.43. The molecule has 2 saturated heterocycles. The molecule has 26 heavy (non-hydrogen) atoms. The summed E-state index contributed by atoms with van der Waals surface area (Å²) in [7, 11) is 1.28. The molecule has 2 aliphatic heterocycles. The molecule has 1 N–H and O–H groups in total. The van der Waals surface area contributed by atoms with Gasteiger partial charge in [-0.3, -0.25) is 9.59 Å². The normalized spacial score (nSPS) is 25.1. The van der Waals surface area contributed by atoms with E-state index in [9.17, 15) is 23.5 Å². The first kappa shape index (κ1) is 18.4. The molecule has 0 bridgehead atoms. The summed E-state index contributed by atoms with van der Waals surface area (Å²) < 4.78 is 40.4. The molecule has 0 saturated carbocycles. The molecular formula is C17H19F2NO6. The average molecular weight is 371 g/mol. The van der Waals surface area contributed by atoms with Gasteiger partial charge in [0.05, 0.1) is 24.7 Å². The Hall–Kier alpha value is -2.42. The number of carbonyl (C=O) groups excluding carboxylic acids is 1. The topological polar surface area (TPSA) is 85.3 Å². The van der Waals surface area contributed by atoms with E-state index in [1.54, 1.807) is 0 Å². The number of halogens is 2. The number of nitrogens with zero attached hydrogens (tertiary/aromatic N) is 1. The molecule has 1 aromatic carbocycles. The van der Waals surface area contributed by atoms with E-state index in [0.717, 1.165) is 0 Å². The van der Waals surface area contributed by atoms with E-state index < -0.39 is 23.9 Å². The van der Waals surface area contributed by atoms with Crippen molar-refractivity contribution in [2.45, 2.75) is 13.0 Å². The van der Waals surface area contributed by atoms with Crippen molar-refractivity contribution >= 4 is 11.9 Å². The first-order valence-corrected chi connectivity index (χ1v) is 8.11. The number of hydrogen-bond donors (Lipinski definition) is 1. The SMILES string of the molecule is COc1cccc(C(=O)N2C[C@H]3COCC[C@@]3(C(=O)O)C2)c1OC(F)F. The Morgan fingerprint density at radius 3 is 2.81 bits per heavy atom. The summed E-state index contributed by atoms with van der Waals surface area (Å²) in [6, 6.07) is 4.25. The first-order valence-electron chi connectivity index (χ1n) is 8.11. The number of benzene rings is 1. The maximum atomic E-state index is 12.9. The number of fused-ring (bicyclic) bond motifs is 1. The molecule has 9 heteroatoms. The van der Waals surface area contributed by atoms with Gasteiger partial charge in [-0.1, -0.05) is 6.07 Å². The molecule has 7 nitrogen and oxygen atoms in total. The van der Waals surface area contributed by atoms with Gasteiger partial charge >= 0.3 is 12.6 Å². The van der Waals surface area contributed by atoms with Crippen LogP contribution in [0.1, 0.15) is 16.8 Å². The highest BCUT2D eigenvalue weighted by atomic mass is 19.3. The van der Waals surface area contributed by atoms with E-state index >= 15 is 0 Å². The molecule has 0 radical (unpaired) electrons. The van der Waals surface area contributed by atoms with Crippen LogP contribution in [0.5, 0.6) is 11.5 Å². The van der Waals surface area contributed by atoms with Crippen LogP contribution < -0.4 is 9.47 Å². The number of hydrogen-bond acceptors (Lipinski definition) is 5. The zero-order valence-corrected chi connectivity index (χ0v) is 14.1. The number of alkyl halides is 2. The first-order chi connectivity index (χ1) is 12.4. The quantitative estimate of drug-likeness (QED) is 0.850. The zero-order chi connectivity index (χ0) is 18.9. The molecule has 2 fully saturated rings.